The number of esters is 1. The predicted octanol–water partition coefficient (Wildman–Crippen LogP) is 2.74. The molecule has 7 heteroatoms. The number of benzene rings is 1. The van der Waals surface area contributed by atoms with Crippen molar-refractivity contribution in [1.29, 1.82) is 0 Å². The Morgan fingerprint density at radius 1 is 1.17 bits per heavy atom. The summed E-state index contributed by atoms with van der Waals surface area (Å²) < 4.78 is 7.59. The van der Waals surface area contributed by atoms with Gasteiger partial charge in [-0.1, -0.05) is 30.3 Å². The molecule has 7 nitrogen and oxygen atoms in total. The second-order valence-electron chi connectivity index (χ2n) is 7.33. The van der Waals surface area contributed by atoms with Gasteiger partial charge in [-0.25, -0.2) is 9.59 Å². The van der Waals surface area contributed by atoms with Gasteiger partial charge in [-0.3, -0.25) is 4.90 Å². The van der Waals surface area contributed by atoms with Crippen molar-refractivity contribution in [3.8, 4) is 0 Å². The van der Waals surface area contributed by atoms with Crippen LogP contribution in [0.15, 0.2) is 59.9 Å². The van der Waals surface area contributed by atoms with Crippen molar-refractivity contribution in [2.24, 2.45) is 0 Å². The average Bonchev–Trinajstić information content (AvgIpc) is 3.20. The zero-order valence-electron chi connectivity index (χ0n) is 16.7. The molecule has 2 aliphatic heterocycles. The molecule has 2 atom stereocenters. The average molecular weight is 394 g/mol. The minimum Gasteiger partial charge on any atom is -0.463 e. The third-order valence-electron chi connectivity index (χ3n) is 5.61. The summed E-state index contributed by atoms with van der Waals surface area (Å²) in [5.41, 5.74) is 3.15. The summed E-state index contributed by atoms with van der Waals surface area (Å²) in [6, 6.07) is 13.0. The Hall–Kier alpha value is -3.06. The van der Waals surface area contributed by atoms with Crippen molar-refractivity contribution < 1.29 is 14.3 Å². The Balaban J connectivity index is 1.70. The van der Waals surface area contributed by atoms with Gasteiger partial charge in [0.15, 0.2) is 0 Å². The Kier molecular flexibility index (Phi) is 5.40. The van der Waals surface area contributed by atoms with E-state index in [4.69, 9.17) is 4.74 Å². The van der Waals surface area contributed by atoms with Gasteiger partial charge in [0.25, 0.3) is 0 Å². The monoisotopic (exact) mass is 394 g/mol. The number of amides is 2. The van der Waals surface area contributed by atoms with E-state index in [0.29, 0.717) is 17.8 Å². The summed E-state index contributed by atoms with van der Waals surface area (Å²) in [4.78, 5) is 27.6. The highest BCUT2D eigenvalue weighted by atomic mass is 16.5. The lowest BCUT2D eigenvalue weighted by Gasteiger charge is -2.37. The largest absolute Gasteiger partial charge is 0.463 e. The van der Waals surface area contributed by atoms with E-state index in [-0.39, 0.29) is 18.7 Å². The van der Waals surface area contributed by atoms with E-state index in [1.54, 1.807) is 6.92 Å². The van der Waals surface area contributed by atoms with Crippen molar-refractivity contribution in [3.05, 3.63) is 71.2 Å². The van der Waals surface area contributed by atoms with Crippen molar-refractivity contribution in [2.75, 3.05) is 19.7 Å². The van der Waals surface area contributed by atoms with Crippen LogP contribution in [0, 0.1) is 0 Å². The van der Waals surface area contributed by atoms with E-state index < -0.39 is 12.0 Å². The molecule has 0 saturated heterocycles. The molecule has 0 spiro atoms. The van der Waals surface area contributed by atoms with E-state index in [2.05, 4.69) is 45.4 Å². The van der Waals surface area contributed by atoms with Gasteiger partial charge in [-0.2, -0.15) is 0 Å². The lowest BCUT2D eigenvalue weighted by Crippen LogP contribution is -2.49. The van der Waals surface area contributed by atoms with E-state index in [0.717, 1.165) is 18.7 Å². The van der Waals surface area contributed by atoms with E-state index in [9.17, 15) is 9.59 Å². The summed E-state index contributed by atoms with van der Waals surface area (Å²) in [5, 5.41) is 5.75. The fourth-order valence-corrected chi connectivity index (χ4v) is 4.13. The van der Waals surface area contributed by atoms with E-state index in [1.807, 2.05) is 30.3 Å². The van der Waals surface area contributed by atoms with Crippen LogP contribution in [0.25, 0.3) is 0 Å². The number of hydrogen-bond acceptors (Lipinski definition) is 4. The molecule has 3 heterocycles. The molecule has 2 aromatic rings. The number of carbonyl (C=O) groups excluding carboxylic acids is 2. The molecule has 0 bridgehead atoms. The topological polar surface area (TPSA) is 75.6 Å². The Morgan fingerprint density at radius 3 is 2.72 bits per heavy atom. The molecule has 29 heavy (non-hydrogen) atoms. The molecule has 2 amide bonds. The lowest BCUT2D eigenvalue weighted by atomic mass is 9.94. The van der Waals surface area contributed by atoms with Crippen LogP contribution in [0.1, 0.15) is 37.2 Å². The lowest BCUT2D eigenvalue weighted by molar-refractivity contribution is -0.139. The SMILES string of the molecule is CCOC(=O)C1=C(CN2CCn3cccc3[C@@H]2C)NC(=O)N[C@@H]1c1ccccc1. The zero-order valence-corrected chi connectivity index (χ0v) is 16.7. The molecule has 0 aliphatic carbocycles. The van der Waals surface area contributed by atoms with Crippen molar-refractivity contribution in [3.63, 3.8) is 0 Å². The first-order valence-electron chi connectivity index (χ1n) is 10.00. The maximum absolute atomic E-state index is 12.9. The first kappa shape index (κ1) is 19.3. The number of ether oxygens (including phenoxy) is 1. The Labute approximate surface area is 170 Å². The van der Waals surface area contributed by atoms with Crippen LogP contribution < -0.4 is 10.6 Å². The molecule has 2 N–H and O–H groups in total. The van der Waals surface area contributed by atoms with Crippen molar-refractivity contribution in [2.45, 2.75) is 32.5 Å². The van der Waals surface area contributed by atoms with Gasteiger partial charge in [0, 0.05) is 43.3 Å². The van der Waals surface area contributed by atoms with Crippen LogP contribution in [0.2, 0.25) is 0 Å². The second kappa shape index (κ2) is 8.13. The third-order valence-corrected chi connectivity index (χ3v) is 5.61. The maximum atomic E-state index is 12.9. The van der Waals surface area contributed by atoms with Gasteiger partial charge in [0.05, 0.1) is 18.2 Å². The number of hydrogen-bond donors (Lipinski definition) is 2. The number of urea groups is 1. The normalized spacial score (nSPS) is 21.9. The number of aromatic nitrogens is 1. The van der Waals surface area contributed by atoms with Gasteiger partial charge >= 0.3 is 12.0 Å². The fourth-order valence-electron chi connectivity index (χ4n) is 4.13. The molecule has 0 unspecified atom stereocenters. The minimum absolute atomic E-state index is 0.177. The Morgan fingerprint density at radius 2 is 1.97 bits per heavy atom. The first-order valence-corrected chi connectivity index (χ1v) is 10.00. The van der Waals surface area contributed by atoms with Crippen LogP contribution in [0.3, 0.4) is 0 Å². The van der Waals surface area contributed by atoms with Gasteiger partial charge in [-0.15, -0.1) is 0 Å². The van der Waals surface area contributed by atoms with Crippen LogP contribution in [-0.2, 0) is 16.1 Å². The summed E-state index contributed by atoms with van der Waals surface area (Å²) in [6.07, 6.45) is 2.09. The van der Waals surface area contributed by atoms with E-state index in [1.165, 1.54) is 5.69 Å². The molecule has 1 aromatic carbocycles. The first-order chi connectivity index (χ1) is 14.1. The minimum atomic E-state index is -0.539. The van der Waals surface area contributed by atoms with Crippen LogP contribution in [0.4, 0.5) is 4.79 Å². The molecule has 4 rings (SSSR count). The van der Waals surface area contributed by atoms with Gasteiger partial charge < -0.3 is 19.9 Å². The second-order valence-corrected chi connectivity index (χ2v) is 7.33. The number of fused-ring (bicyclic) bond motifs is 1. The van der Waals surface area contributed by atoms with Crippen molar-refractivity contribution >= 4 is 12.0 Å². The molecule has 152 valence electrons. The zero-order chi connectivity index (χ0) is 20.4. The molecule has 1 aromatic heterocycles. The summed E-state index contributed by atoms with van der Waals surface area (Å²) in [6.45, 7) is 6.39. The number of rotatable bonds is 5. The van der Waals surface area contributed by atoms with Crippen LogP contribution in [-0.4, -0.2) is 41.2 Å². The number of nitrogens with one attached hydrogen (secondary N) is 2. The molecule has 0 radical (unpaired) electrons. The quantitative estimate of drug-likeness (QED) is 0.765. The third kappa shape index (κ3) is 3.78. The molecule has 2 aliphatic rings. The van der Waals surface area contributed by atoms with Gasteiger partial charge in [0.2, 0.25) is 0 Å². The van der Waals surface area contributed by atoms with Crippen molar-refractivity contribution in [1.82, 2.24) is 20.1 Å². The van der Waals surface area contributed by atoms with Crippen LogP contribution in [0.5, 0.6) is 0 Å². The highest BCUT2D eigenvalue weighted by Crippen LogP contribution is 2.31. The predicted molar refractivity (Wildman–Crippen MR) is 109 cm³/mol. The van der Waals surface area contributed by atoms with E-state index >= 15 is 0 Å². The Bertz CT molecular complexity index is 935. The van der Waals surface area contributed by atoms with Gasteiger partial charge in [-0.05, 0) is 31.5 Å². The fraction of sp³-hybridized carbons (Fsp3) is 0.364. The molecular weight excluding hydrogens is 368 g/mol. The molecule has 0 saturated carbocycles. The van der Waals surface area contributed by atoms with Crippen LogP contribution >= 0.6 is 0 Å². The smallest absolute Gasteiger partial charge is 0.338 e. The molecule has 0 fully saturated rings. The highest BCUT2D eigenvalue weighted by molar-refractivity contribution is 5.95. The number of carbonyl (C=O) groups is 2. The summed E-state index contributed by atoms with van der Waals surface area (Å²) in [7, 11) is 0. The maximum Gasteiger partial charge on any atom is 0.338 e. The standard InChI is InChI=1S/C22H26N4O3/c1-3-29-21(27)19-17(14-26-13-12-25-11-7-10-18(25)15(26)2)23-22(28)24-20(19)16-8-5-4-6-9-16/h4-11,15,20H,3,12-14H2,1-2H3,(H2,23,24,28)/t15-,20+/m0/s1. The highest BCUT2D eigenvalue weighted by Gasteiger charge is 2.35. The number of nitrogens with zero attached hydrogens (tertiary/aromatic N) is 2. The summed E-state index contributed by atoms with van der Waals surface area (Å²) in [5.74, 6) is -0.406. The summed E-state index contributed by atoms with van der Waals surface area (Å²) >= 11 is 0. The molecular formula is C22H26N4O3. The van der Waals surface area contributed by atoms with Gasteiger partial charge in [0.1, 0.15) is 0 Å².